The number of carbonyl (C=O) groups is 1. The lowest BCUT2D eigenvalue weighted by Crippen LogP contribution is -2.13. The number of aromatic hydroxyl groups is 1. The molecule has 27 heavy (non-hydrogen) atoms. The van der Waals surface area contributed by atoms with Crippen molar-refractivity contribution in [3.63, 3.8) is 0 Å². The van der Waals surface area contributed by atoms with Crippen molar-refractivity contribution in [1.29, 1.82) is 0 Å². The number of hydrogen-bond donors (Lipinski definition) is 2. The molecule has 0 aliphatic carbocycles. The van der Waals surface area contributed by atoms with E-state index in [2.05, 4.69) is 15.3 Å². The number of amides is 1. The van der Waals surface area contributed by atoms with Gasteiger partial charge in [-0.15, -0.1) is 0 Å². The van der Waals surface area contributed by atoms with E-state index in [0.29, 0.717) is 30.3 Å². The van der Waals surface area contributed by atoms with Crippen LogP contribution in [0.15, 0.2) is 61.1 Å². The van der Waals surface area contributed by atoms with Gasteiger partial charge in [0.15, 0.2) is 23.1 Å². The Hall–Kier alpha value is -3.61. The van der Waals surface area contributed by atoms with Crippen molar-refractivity contribution >= 4 is 11.7 Å². The van der Waals surface area contributed by atoms with Crippen LogP contribution >= 0.6 is 0 Å². The molecule has 1 amide bonds. The summed E-state index contributed by atoms with van der Waals surface area (Å²) < 4.78 is 11.4. The first kappa shape index (κ1) is 18.2. The van der Waals surface area contributed by atoms with Crippen LogP contribution in [0.3, 0.4) is 0 Å². The summed E-state index contributed by atoms with van der Waals surface area (Å²) in [6.07, 6.45) is 4.88. The van der Waals surface area contributed by atoms with Gasteiger partial charge in [0, 0.05) is 24.2 Å². The first-order valence-corrected chi connectivity index (χ1v) is 8.41. The predicted octanol–water partition coefficient (Wildman–Crippen LogP) is 3.41. The van der Waals surface area contributed by atoms with E-state index in [1.54, 1.807) is 36.7 Å². The van der Waals surface area contributed by atoms with E-state index in [0.717, 1.165) is 5.56 Å². The average Bonchev–Trinajstić information content (AvgIpc) is 2.69. The molecule has 0 fully saturated rings. The summed E-state index contributed by atoms with van der Waals surface area (Å²) in [6, 6.07) is 11.7. The van der Waals surface area contributed by atoms with Gasteiger partial charge in [0.05, 0.1) is 6.61 Å². The molecule has 0 bridgehead atoms. The topological polar surface area (TPSA) is 93.6 Å². The minimum atomic E-state index is -0.411. The third-order valence-corrected chi connectivity index (χ3v) is 3.67. The fourth-order valence-electron chi connectivity index (χ4n) is 2.35. The van der Waals surface area contributed by atoms with Crippen LogP contribution in [0.25, 0.3) is 0 Å². The zero-order valence-electron chi connectivity index (χ0n) is 14.8. The number of aromatic nitrogens is 2. The Morgan fingerprint density at radius 2 is 1.89 bits per heavy atom. The van der Waals surface area contributed by atoms with Crippen LogP contribution in [0, 0.1) is 0 Å². The predicted molar refractivity (Wildman–Crippen MR) is 100 cm³/mol. The second kappa shape index (κ2) is 8.66. The Labute approximate surface area is 156 Å². The van der Waals surface area contributed by atoms with Gasteiger partial charge in [-0.2, -0.15) is 0 Å². The molecule has 0 radical (unpaired) electrons. The largest absolute Gasteiger partial charge is 0.504 e. The second-order valence-electron chi connectivity index (χ2n) is 5.56. The van der Waals surface area contributed by atoms with Gasteiger partial charge in [-0.25, -0.2) is 4.98 Å². The summed E-state index contributed by atoms with van der Waals surface area (Å²) in [4.78, 5) is 20.4. The number of rotatable bonds is 7. The maximum atomic E-state index is 12.4. The normalized spacial score (nSPS) is 10.3. The fourth-order valence-corrected chi connectivity index (χ4v) is 2.35. The van der Waals surface area contributed by atoms with E-state index in [-0.39, 0.29) is 11.6 Å². The number of anilines is 1. The standard InChI is InChI=1S/C20H19N3O4/c1-2-26-18-12-15(20(25)23-19-16(24)4-3-9-22-19)5-6-17(18)27-13-14-7-10-21-11-8-14/h3-12,24H,2,13H2,1H3,(H,22,23,25). The zero-order valence-corrected chi connectivity index (χ0v) is 14.8. The molecule has 2 N–H and O–H groups in total. The Morgan fingerprint density at radius 1 is 1.07 bits per heavy atom. The van der Waals surface area contributed by atoms with Crippen LogP contribution in [0.1, 0.15) is 22.8 Å². The Balaban J connectivity index is 1.76. The molecule has 0 aliphatic rings. The van der Waals surface area contributed by atoms with Crippen LogP contribution < -0.4 is 14.8 Å². The molecule has 1 aromatic carbocycles. The summed E-state index contributed by atoms with van der Waals surface area (Å²) in [5, 5.41) is 12.3. The first-order chi connectivity index (χ1) is 13.2. The molecule has 7 nitrogen and oxygen atoms in total. The highest BCUT2D eigenvalue weighted by molar-refractivity contribution is 6.04. The summed E-state index contributed by atoms with van der Waals surface area (Å²) >= 11 is 0. The molecule has 0 aliphatic heterocycles. The van der Waals surface area contributed by atoms with E-state index in [1.807, 2.05) is 19.1 Å². The molecule has 7 heteroatoms. The summed E-state index contributed by atoms with van der Waals surface area (Å²) in [5.41, 5.74) is 1.33. The van der Waals surface area contributed by atoms with E-state index in [4.69, 9.17) is 9.47 Å². The highest BCUT2D eigenvalue weighted by Crippen LogP contribution is 2.30. The van der Waals surface area contributed by atoms with Crippen molar-refractivity contribution in [2.45, 2.75) is 13.5 Å². The lowest BCUT2D eigenvalue weighted by Gasteiger charge is -2.13. The molecule has 0 atom stereocenters. The minimum absolute atomic E-state index is 0.0958. The van der Waals surface area contributed by atoms with Crippen molar-refractivity contribution in [2.24, 2.45) is 0 Å². The summed E-state index contributed by atoms with van der Waals surface area (Å²) in [6.45, 7) is 2.64. The van der Waals surface area contributed by atoms with Crippen LogP contribution in [-0.2, 0) is 6.61 Å². The maximum absolute atomic E-state index is 12.4. The van der Waals surface area contributed by atoms with E-state index >= 15 is 0 Å². The lowest BCUT2D eigenvalue weighted by atomic mass is 10.2. The van der Waals surface area contributed by atoms with Crippen molar-refractivity contribution in [3.05, 3.63) is 72.2 Å². The zero-order chi connectivity index (χ0) is 19.1. The molecule has 0 spiro atoms. The number of carbonyl (C=O) groups excluding carboxylic acids is 1. The van der Waals surface area contributed by atoms with Crippen LogP contribution in [0.4, 0.5) is 5.82 Å². The molecule has 3 aromatic rings. The Bertz CT molecular complexity index is 916. The van der Waals surface area contributed by atoms with Crippen molar-refractivity contribution in [2.75, 3.05) is 11.9 Å². The fraction of sp³-hybridized carbons (Fsp3) is 0.150. The van der Waals surface area contributed by atoms with Crippen molar-refractivity contribution < 1.29 is 19.4 Å². The number of benzene rings is 1. The number of nitrogens with one attached hydrogen (secondary N) is 1. The first-order valence-electron chi connectivity index (χ1n) is 8.41. The van der Waals surface area contributed by atoms with Gasteiger partial charge in [-0.3, -0.25) is 9.78 Å². The summed E-state index contributed by atoms with van der Waals surface area (Å²) in [5.74, 6) is 0.577. The lowest BCUT2D eigenvalue weighted by molar-refractivity contribution is 0.102. The molecular formula is C20H19N3O4. The average molecular weight is 365 g/mol. The van der Waals surface area contributed by atoms with Gasteiger partial charge < -0.3 is 19.9 Å². The molecule has 2 heterocycles. The van der Waals surface area contributed by atoms with Crippen molar-refractivity contribution in [1.82, 2.24) is 9.97 Å². The van der Waals surface area contributed by atoms with Crippen LogP contribution in [0.2, 0.25) is 0 Å². The smallest absolute Gasteiger partial charge is 0.257 e. The maximum Gasteiger partial charge on any atom is 0.257 e. The van der Waals surface area contributed by atoms with Gasteiger partial charge in [0.1, 0.15) is 6.61 Å². The van der Waals surface area contributed by atoms with Crippen LogP contribution in [-0.4, -0.2) is 27.6 Å². The SMILES string of the molecule is CCOc1cc(C(=O)Nc2ncccc2O)ccc1OCc1ccncc1. The third kappa shape index (κ3) is 4.72. The second-order valence-corrected chi connectivity index (χ2v) is 5.56. The van der Waals surface area contributed by atoms with Crippen LogP contribution in [0.5, 0.6) is 17.2 Å². The molecule has 138 valence electrons. The third-order valence-electron chi connectivity index (χ3n) is 3.67. The van der Waals surface area contributed by atoms with Gasteiger partial charge in [-0.05, 0) is 55.0 Å². The van der Waals surface area contributed by atoms with Gasteiger partial charge in [0.25, 0.3) is 5.91 Å². The van der Waals surface area contributed by atoms with Gasteiger partial charge >= 0.3 is 0 Å². The molecule has 0 saturated heterocycles. The minimum Gasteiger partial charge on any atom is -0.504 e. The van der Waals surface area contributed by atoms with E-state index in [9.17, 15) is 9.90 Å². The quantitative estimate of drug-likeness (QED) is 0.666. The van der Waals surface area contributed by atoms with Gasteiger partial charge in [0.2, 0.25) is 0 Å². The molecule has 0 saturated carbocycles. The number of hydrogen-bond acceptors (Lipinski definition) is 6. The highest BCUT2D eigenvalue weighted by Gasteiger charge is 2.14. The molecule has 3 rings (SSSR count). The van der Waals surface area contributed by atoms with E-state index < -0.39 is 5.91 Å². The number of nitrogens with zero attached hydrogens (tertiary/aromatic N) is 2. The van der Waals surface area contributed by atoms with Gasteiger partial charge in [-0.1, -0.05) is 0 Å². The monoisotopic (exact) mass is 365 g/mol. The highest BCUT2D eigenvalue weighted by atomic mass is 16.5. The molecule has 2 aromatic heterocycles. The Morgan fingerprint density at radius 3 is 2.63 bits per heavy atom. The number of pyridine rings is 2. The molecule has 0 unspecified atom stereocenters. The van der Waals surface area contributed by atoms with Crippen molar-refractivity contribution in [3.8, 4) is 17.2 Å². The molecular weight excluding hydrogens is 346 g/mol. The van der Waals surface area contributed by atoms with E-state index in [1.165, 1.54) is 12.3 Å². The summed E-state index contributed by atoms with van der Waals surface area (Å²) in [7, 11) is 0. The Kier molecular flexibility index (Phi) is 5.84. The number of ether oxygens (including phenoxy) is 2.